The van der Waals surface area contributed by atoms with Crippen LogP contribution in [0, 0.1) is 20.8 Å². The molecule has 0 fully saturated rings. The van der Waals surface area contributed by atoms with Gasteiger partial charge in [0.15, 0.2) is 0 Å². The summed E-state index contributed by atoms with van der Waals surface area (Å²) in [4.78, 5) is 23.5. The van der Waals surface area contributed by atoms with Crippen molar-refractivity contribution in [1.82, 2.24) is 15.4 Å². The summed E-state index contributed by atoms with van der Waals surface area (Å²) in [6, 6.07) is 8.72. The van der Waals surface area contributed by atoms with Gasteiger partial charge in [-0.05, 0) is 44.9 Å². The SMILES string of the molecule is Cc1ccc(-c2ccc(=O)[nH]n2)cc1NC(=O)CCc1c(C)noc1C. The second kappa shape index (κ2) is 7.35. The zero-order valence-electron chi connectivity index (χ0n) is 14.9. The van der Waals surface area contributed by atoms with Gasteiger partial charge in [-0.15, -0.1) is 0 Å². The molecule has 0 unspecified atom stereocenters. The molecule has 0 spiro atoms. The highest BCUT2D eigenvalue weighted by Gasteiger charge is 2.12. The van der Waals surface area contributed by atoms with E-state index in [1.165, 1.54) is 6.07 Å². The van der Waals surface area contributed by atoms with E-state index in [9.17, 15) is 9.59 Å². The minimum Gasteiger partial charge on any atom is -0.361 e. The van der Waals surface area contributed by atoms with Crippen LogP contribution in [-0.2, 0) is 11.2 Å². The fourth-order valence-corrected chi connectivity index (χ4v) is 2.73. The van der Waals surface area contributed by atoms with Crippen molar-refractivity contribution in [1.29, 1.82) is 0 Å². The predicted molar refractivity (Wildman–Crippen MR) is 98.0 cm³/mol. The number of hydrogen-bond acceptors (Lipinski definition) is 5. The molecule has 0 aliphatic heterocycles. The smallest absolute Gasteiger partial charge is 0.264 e. The first-order valence-electron chi connectivity index (χ1n) is 8.32. The van der Waals surface area contributed by atoms with Crippen molar-refractivity contribution in [2.75, 3.05) is 5.32 Å². The highest BCUT2D eigenvalue weighted by Crippen LogP contribution is 2.24. The lowest BCUT2D eigenvalue weighted by Crippen LogP contribution is -2.13. The molecular formula is C19H20N4O3. The Morgan fingerprint density at radius 2 is 2.00 bits per heavy atom. The number of nitrogens with one attached hydrogen (secondary N) is 2. The summed E-state index contributed by atoms with van der Waals surface area (Å²) in [7, 11) is 0. The zero-order valence-corrected chi connectivity index (χ0v) is 14.9. The van der Waals surface area contributed by atoms with E-state index in [1.54, 1.807) is 6.07 Å². The van der Waals surface area contributed by atoms with Crippen molar-refractivity contribution in [2.45, 2.75) is 33.6 Å². The zero-order chi connectivity index (χ0) is 18.7. The first-order valence-corrected chi connectivity index (χ1v) is 8.32. The quantitative estimate of drug-likeness (QED) is 0.735. The number of nitrogens with zero attached hydrogens (tertiary/aromatic N) is 2. The van der Waals surface area contributed by atoms with Gasteiger partial charge in [0, 0.05) is 29.3 Å². The molecule has 0 atom stereocenters. The summed E-state index contributed by atoms with van der Waals surface area (Å²) < 4.78 is 5.12. The van der Waals surface area contributed by atoms with Crippen LogP contribution < -0.4 is 10.9 Å². The average molecular weight is 352 g/mol. The maximum atomic E-state index is 12.3. The number of benzene rings is 1. The van der Waals surface area contributed by atoms with E-state index in [-0.39, 0.29) is 11.5 Å². The molecule has 3 aromatic rings. The van der Waals surface area contributed by atoms with Gasteiger partial charge >= 0.3 is 0 Å². The van der Waals surface area contributed by atoms with Crippen LogP contribution in [0.1, 0.15) is 29.0 Å². The van der Waals surface area contributed by atoms with Crippen LogP contribution in [0.25, 0.3) is 11.3 Å². The van der Waals surface area contributed by atoms with Crippen LogP contribution in [-0.4, -0.2) is 21.3 Å². The van der Waals surface area contributed by atoms with Gasteiger partial charge < -0.3 is 9.84 Å². The van der Waals surface area contributed by atoms with Gasteiger partial charge in [0.05, 0.1) is 11.4 Å². The van der Waals surface area contributed by atoms with Crippen LogP contribution in [0.4, 0.5) is 5.69 Å². The number of rotatable bonds is 5. The Balaban J connectivity index is 1.72. The molecule has 3 rings (SSSR count). The molecule has 1 amide bonds. The molecule has 2 N–H and O–H groups in total. The standard InChI is InChI=1S/C19H20N4O3/c1-11-4-5-14(16-7-9-19(25)22-21-16)10-17(11)20-18(24)8-6-15-12(2)23-26-13(15)3/h4-5,7,9-10H,6,8H2,1-3H3,(H,20,24)(H,22,25). The van der Waals surface area contributed by atoms with Gasteiger partial charge in [0.25, 0.3) is 5.56 Å². The van der Waals surface area contributed by atoms with Gasteiger partial charge in [-0.2, -0.15) is 5.10 Å². The Morgan fingerprint density at radius 3 is 2.65 bits per heavy atom. The summed E-state index contributed by atoms with van der Waals surface area (Å²) in [5.74, 6) is 0.664. The lowest BCUT2D eigenvalue weighted by Gasteiger charge is -2.10. The van der Waals surface area contributed by atoms with E-state index in [0.29, 0.717) is 18.5 Å². The second-order valence-corrected chi connectivity index (χ2v) is 6.19. The summed E-state index contributed by atoms with van der Waals surface area (Å²) in [6.45, 7) is 5.64. The van der Waals surface area contributed by atoms with Crippen LogP contribution >= 0.6 is 0 Å². The lowest BCUT2D eigenvalue weighted by atomic mass is 10.1. The Labute approximate surface area is 150 Å². The fraction of sp³-hybridized carbons (Fsp3) is 0.263. The summed E-state index contributed by atoms with van der Waals surface area (Å²) in [5, 5.41) is 13.3. The van der Waals surface area contributed by atoms with E-state index in [2.05, 4.69) is 20.7 Å². The van der Waals surface area contributed by atoms with E-state index < -0.39 is 0 Å². The molecule has 0 radical (unpaired) electrons. The molecule has 7 nitrogen and oxygen atoms in total. The van der Waals surface area contributed by atoms with Crippen molar-refractivity contribution in [3.8, 4) is 11.3 Å². The van der Waals surface area contributed by atoms with Gasteiger partial charge in [-0.25, -0.2) is 5.10 Å². The van der Waals surface area contributed by atoms with E-state index >= 15 is 0 Å². The number of hydrogen-bond donors (Lipinski definition) is 2. The topological polar surface area (TPSA) is 101 Å². The molecule has 0 saturated carbocycles. The molecule has 134 valence electrons. The minimum atomic E-state index is -0.256. The van der Waals surface area contributed by atoms with Crippen molar-refractivity contribution in [3.63, 3.8) is 0 Å². The summed E-state index contributed by atoms with van der Waals surface area (Å²) in [6.07, 6.45) is 0.913. The number of carbonyl (C=O) groups excluding carboxylic acids is 1. The van der Waals surface area contributed by atoms with E-state index in [0.717, 1.165) is 33.8 Å². The maximum Gasteiger partial charge on any atom is 0.264 e. The second-order valence-electron chi connectivity index (χ2n) is 6.19. The molecule has 0 aliphatic rings. The Kier molecular flexibility index (Phi) is 4.97. The molecule has 2 aromatic heterocycles. The third-order valence-electron chi connectivity index (χ3n) is 4.27. The first kappa shape index (κ1) is 17.6. The summed E-state index contributed by atoms with van der Waals surface area (Å²) in [5.41, 5.74) is 4.65. The maximum absolute atomic E-state index is 12.3. The molecule has 0 saturated heterocycles. The number of anilines is 1. The number of carbonyl (C=O) groups is 1. The van der Waals surface area contributed by atoms with Crippen molar-refractivity contribution in [3.05, 3.63) is 63.3 Å². The molecule has 26 heavy (non-hydrogen) atoms. The Hall–Kier alpha value is -3.22. The van der Waals surface area contributed by atoms with Gasteiger partial charge in [0.1, 0.15) is 5.76 Å². The number of amides is 1. The van der Waals surface area contributed by atoms with Gasteiger partial charge in [-0.3, -0.25) is 9.59 Å². The number of aromatic nitrogens is 3. The van der Waals surface area contributed by atoms with Gasteiger partial charge in [-0.1, -0.05) is 17.3 Å². The van der Waals surface area contributed by atoms with Crippen LogP contribution in [0.15, 0.2) is 39.6 Å². The van der Waals surface area contributed by atoms with Crippen molar-refractivity contribution >= 4 is 11.6 Å². The lowest BCUT2D eigenvalue weighted by molar-refractivity contribution is -0.116. The Bertz CT molecular complexity index is 964. The van der Waals surface area contributed by atoms with Crippen molar-refractivity contribution < 1.29 is 9.32 Å². The van der Waals surface area contributed by atoms with Crippen LogP contribution in [0.5, 0.6) is 0 Å². The van der Waals surface area contributed by atoms with Crippen molar-refractivity contribution in [2.24, 2.45) is 0 Å². The third-order valence-corrected chi connectivity index (χ3v) is 4.27. The number of aryl methyl sites for hydroxylation is 3. The molecule has 0 aliphatic carbocycles. The molecule has 1 aromatic carbocycles. The van der Waals surface area contributed by atoms with E-state index in [4.69, 9.17) is 4.52 Å². The van der Waals surface area contributed by atoms with E-state index in [1.807, 2.05) is 39.0 Å². The predicted octanol–water partition coefficient (Wildman–Crippen LogP) is 2.92. The highest BCUT2D eigenvalue weighted by atomic mass is 16.5. The third kappa shape index (κ3) is 3.88. The molecular weight excluding hydrogens is 332 g/mol. The molecule has 7 heteroatoms. The first-order chi connectivity index (χ1) is 12.4. The monoisotopic (exact) mass is 352 g/mol. The normalized spacial score (nSPS) is 10.7. The molecule has 2 heterocycles. The molecule has 0 bridgehead atoms. The fourth-order valence-electron chi connectivity index (χ4n) is 2.73. The van der Waals surface area contributed by atoms with Crippen LogP contribution in [0.3, 0.4) is 0 Å². The highest BCUT2D eigenvalue weighted by molar-refractivity contribution is 5.92. The van der Waals surface area contributed by atoms with Crippen LogP contribution in [0.2, 0.25) is 0 Å². The average Bonchev–Trinajstić information content (AvgIpc) is 2.94. The largest absolute Gasteiger partial charge is 0.361 e. The van der Waals surface area contributed by atoms with Gasteiger partial charge in [0.2, 0.25) is 5.91 Å². The summed E-state index contributed by atoms with van der Waals surface area (Å²) >= 11 is 0. The number of H-pyrrole nitrogens is 1. The number of aromatic amines is 1. The minimum absolute atomic E-state index is 0.0836. The Morgan fingerprint density at radius 1 is 1.19 bits per heavy atom.